The number of fused-ring (bicyclic) bond motifs is 1. The van der Waals surface area contributed by atoms with Gasteiger partial charge in [0.15, 0.2) is 0 Å². The lowest BCUT2D eigenvalue weighted by molar-refractivity contribution is 0.0936. The van der Waals surface area contributed by atoms with Crippen LogP contribution in [-0.2, 0) is 10.2 Å². The number of aryl methyl sites for hydroxylation is 1. The lowest BCUT2D eigenvalue weighted by Gasteiger charge is -2.14. The van der Waals surface area contributed by atoms with Crippen molar-refractivity contribution < 1.29 is 14.3 Å². The highest BCUT2D eigenvalue weighted by molar-refractivity contribution is 7.10. The first-order valence-corrected chi connectivity index (χ1v) is 14.3. The number of nitrogen functional groups attached to an aromatic ring is 1. The second-order valence-corrected chi connectivity index (χ2v) is 11.0. The Morgan fingerprint density at radius 3 is 2.56 bits per heavy atom. The predicted molar refractivity (Wildman–Crippen MR) is 161 cm³/mol. The minimum atomic E-state index is -0.200. The molecule has 10 heteroatoms. The van der Waals surface area contributed by atoms with Gasteiger partial charge in [-0.05, 0) is 61.7 Å². The van der Waals surface area contributed by atoms with Crippen LogP contribution in [0.2, 0.25) is 0 Å². The second kappa shape index (κ2) is 10.8. The molecule has 0 atom stereocenters. The van der Waals surface area contributed by atoms with Gasteiger partial charge in [-0.15, -0.1) is 11.3 Å². The number of carbonyl (C=O) groups excluding carboxylic acids is 2. The average molecular weight is 567 g/mol. The topological polar surface area (TPSA) is 124 Å². The first-order valence-electron chi connectivity index (χ1n) is 13.4. The van der Waals surface area contributed by atoms with E-state index in [-0.39, 0.29) is 17.2 Å². The normalized spacial score (nSPS) is 13.7. The molecule has 0 aliphatic heterocycles. The van der Waals surface area contributed by atoms with Crippen LogP contribution in [-0.4, -0.2) is 46.4 Å². The standard InChI is InChI=1S/C31H30N6O3S/c1-19-27(37-15-11-21(17-26(37)34-19)28(38)33-14-16-40-2)25-18-41-30(36-25)31(12-13-31)22-9-7-20(8-10-22)29(39)35-24-6-4-3-5-23(24)32/h3-11,15,17-18H,12-14,16,32H2,1-2H3,(H,33,38)(H,35,39). The molecule has 1 aliphatic rings. The number of nitrogens with two attached hydrogens (primary N) is 1. The fourth-order valence-electron chi connectivity index (χ4n) is 5.08. The zero-order chi connectivity index (χ0) is 28.6. The number of ether oxygens (including phenoxy) is 1. The largest absolute Gasteiger partial charge is 0.397 e. The average Bonchev–Trinajstić information content (AvgIpc) is 3.52. The number of nitrogens with zero attached hydrogens (tertiary/aromatic N) is 3. The van der Waals surface area contributed by atoms with Crippen LogP contribution in [0.1, 0.15) is 49.8 Å². The summed E-state index contributed by atoms with van der Waals surface area (Å²) in [4.78, 5) is 35.1. The summed E-state index contributed by atoms with van der Waals surface area (Å²) in [6, 6.07) is 18.6. The summed E-state index contributed by atoms with van der Waals surface area (Å²) in [5, 5.41) is 8.85. The number of carbonyl (C=O) groups is 2. The molecular weight excluding hydrogens is 536 g/mol. The molecule has 0 unspecified atom stereocenters. The van der Waals surface area contributed by atoms with Gasteiger partial charge in [-0.1, -0.05) is 24.3 Å². The lowest BCUT2D eigenvalue weighted by Crippen LogP contribution is -2.26. The van der Waals surface area contributed by atoms with E-state index in [0.29, 0.717) is 41.3 Å². The molecule has 4 N–H and O–H groups in total. The molecule has 6 rings (SSSR count). The summed E-state index contributed by atoms with van der Waals surface area (Å²) in [5.41, 5.74) is 12.5. The number of pyridine rings is 1. The Kier molecular flexibility index (Phi) is 7.02. The summed E-state index contributed by atoms with van der Waals surface area (Å²) < 4.78 is 6.98. The summed E-state index contributed by atoms with van der Waals surface area (Å²) in [6.45, 7) is 2.86. The maximum absolute atomic E-state index is 12.8. The van der Waals surface area contributed by atoms with Crippen LogP contribution in [0.4, 0.5) is 11.4 Å². The molecule has 0 radical (unpaired) electrons. The van der Waals surface area contributed by atoms with Gasteiger partial charge in [0.2, 0.25) is 0 Å². The Morgan fingerprint density at radius 2 is 1.83 bits per heavy atom. The van der Waals surface area contributed by atoms with Crippen LogP contribution in [0.15, 0.2) is 72.2 Å². The van der Waals surface area contributed by atoms with Crippen LogP contribution in [0, 0.1) is 6.92 Å². The Bertz CT molecular complexity index is 1750. The van der Waals surface area contributed by atoms with Crippen molar-refractivity contribution >= 4 is 40.2 Å². The highest BCUT2D eigenvalue weighted by Gasteiger charge is 2.48. The number of nitrogens with one attached hydrogen (secondary N) is 2. The number of rotatable bonds is 9. The molecule has 1 aliphatic carbocycles. The molecule has 1 fully saturated rings. The van der Waals surface area contributed by atoms with Crippen LogP contribution in [0.3, 0.4) is 0 Å². The van der Waals surface area contributed by atoms with E-state index in [0.717, 1.165) is 40.5 Å². The Hall–Kier alpha value is -4.54. The molecule has 9 nitrogen and oxygen atoms in total. The highest BCUT2D eigenvalue weighted by Crippen LogP contribution is 2.54. The summed E-state index contributed by atoms with van der Waals surface area (Å²) in [7, 11) is 1.60. The van der Waals surface area contributed by atoms with Gasteiger partial charge in [0, 0.05) is 41.8 Å². The summed E-state index contributed by atoms with van der Waals surface area (Å²) >= 11 is 1.64. The molecule has 208 valence electrons. The highest BCUT2D eigenvalue weighted by atomic mass is 32.1. The molecule has 41 heavy (non-hydrogen) atoms. The zero-order valence-corrected chi connectivity index (χ0v) is 23.6. The number of imidazole rings is 1. The number of amides is 2. The van der Waals surface area contributed by atoms with Crippen LogP contribution in [0.25, 0.3) is 17.0 Å². The molecule has 1 saturated carbocycles. The van der Waals surface area contributed by atoms with Gasteiger partial charge in [0.25, 0.3) is 11.8 Å². The minimum Gasteiger partial charge on any atom is -0.397 e. The zero-order valence-electron chi connectivity index (χ0n) is 22.8. The predicted octanol–water partition coefficient (Wildman–Crippen LogP) is 5.06. The molecule has 5 aromatic rings. The van der Waals surface area contributed by atoms with E-state index in [4.69, 9.17) is 20.4 Å². The van der Waals surface area contributed by atoms with Gasteiger partial charge in [-0.25, -0.2) is 9.97 Å². The number of thiazole rings is 1. The number of hydrogen-bond acceptors (Lipinski definition) is 7. The van der Waals surface area contributed by atoms with Crippen molar-refractivity contribution in [3.8, 4) is 11.4 Å². The molecule has 0 spiro atoms. The quantitative estimate of drug-likeness (QED) is 0.169. The van der Waals surface area contributed by atoms with Crippen molar-refractivity contribution in [3.63, 3.8) is 0 Å². The lowest BCUT2D eigenvalue weighted by atomic mass is 9.95. The fourth-order valence-corrected chi connectivity index (χ4v) is 6.17. The van der Waals surface area contributed by atoms with E-state index < -0.39 is 0 Å². The number of benzene rings is 2. The maximum Gasteiger partial charge on any atom is 0.255 e. The molecular formula is C31H30N6O3S. The summed E-state index contributed by atoms with van der Waals surface area (Å²) in [6.07, 6.45) is 3.87. The Labute approximate surface area is 241 Å². The van der Waals surface area contributed by atoms with Crippen molar-refractivity contribution in [3.05, 3.63) is 99.6 Å². The van der Waals surface area contributed by atoms with Crippen molar-refractivity contribution in [2.24, 2.45) is 0 Å². The third kappa shape index (κ3) is 5.07. The summed E-state index contributed by atoms with van der Waals surface area (Å²) in [5.74, 6) is -0.361. The molecule has 0 saturated heterocycles. The second-order valence-electron chi connectivity index (χ2n) is 10.2. The van der Waals surface area contributed by atoms with Gasteiger partial charge >= 0.3 is 0 Å². The Morgan fingerprint density at radius 1 is 1.05 bits per heavy atom. The minimum absolute atomic E-state index is 0.149. The Balaban J connectivity index is 1.22. The van der Waals surface area contributed by atoms with Crippen molar-refractivity contribution in [2.75, 3.05) is 31.3 Å². The third-order valence-electron chi connectivity index (χ3n) is 7.47. The fraction of sp³-hybridized carbons (Fsp3) is 0.226. The van der Waals surface area contributed by atoms with Gasteiger partial charge in [0.05, 0.1) is 29.4 Å². The van der Waals surface area contributed by atoms with E-state index in [2.05, 4.69) is 16.0 Å². The first kappa shape index (κ1) is 26.7. The number of aromatic nitrogens is 3. The van der Waals surface area contributed by atoms with Gasteiger partial charge in [0.1, 0.15) is 16.3 Å². The van der Waals surface area contributed by atoms with E-state index in [1.807, 2.05) is 53.9 Å². The van der Waals surface area contributed by atoms with E-state index in [1.165, 1.54) is 0 Å². The monoisotopic (exact) mass is 566 g/mol. The van der Waals surface area contributed by atoms with E-state index >= 15 is 0 Å². The molecule has 2 aromatic carbocycles. The SMILES string of the molecule is COCCNC(=O)c1ccn2c(-c3csc(C4(c5ccc(C(=O)Nc6ccccc6N)cc5)CC4)n3)c(C)nc2c1. The van der Waals surface area contributed by atoms with Gasteiger partial charge in [-0.2, -0.15) is 0 Å². The van der Waals surface area contributed by atoms with Crippen LogP contribution >= 0.6 is 11.3 Å². The van der Waals surface area contributed by atoms with Crippen LogP contribution < -0.4 is 16.4 Å². The molecule has 2 amide bonds. The smallest absolute Gasteiger partial charge is 0.255 e. The molecule has 3 heterocycles. The van der Waals surface area contributed by atoms with E-state index in [1.54, 1.807) is 42.7 Å². The maximum atomic E-state index is 12.8. The number of anilines is 2. The van der Waals surface area contributed by atoms with Crippen molar-refractivity contribution in [1.82, 2.24) is 19.7 Å². The number of methoxy groups -OCH3 is 1. The third-order valence-corrected chi connectivity index (χ3v) is 8.52. The van der Waals surface area contributed by atoms with Gasteiger partial charge < -0.3 is 21.1 Å². The van der Waals surface area contributed by atoms with Crippen molar-refractivity contribution in [2.45, 2.75) is 25.2 Å². The number of para-hydroxylation sites is 2. The van der Waals surface area contributed by atoms with Crippen LogP contribution in [0.5, 0.6) is 0 Å². The molecule has 3 aromatic heterocycles. The van der Waals surface area contributed by atoms with E-state index in [9.17, 15) is 9.59 Å². The van der Waals surface area contributed by atoms with Gasteiger partial charge in [-0.3, -0.25) is 14.0 Å². The van der Waals surface area contributed by atoms with Crippen molar-refractivity contribution in [1.29, 1.82) is 0 Å². The number of hydrogen-bond donors (Lipinski definition) is 3. The molecule has 0 bridgehead atoms. The first-order chi connectivity index (χ1) is 19.9.